The number of likely N-dealkylation sites (tertiary alicyclic amines) is 1. The van der Waals surface area contributed by atoms with Gasteiger partial charge in [0, 0.05) is 36.2 Å². The number of hydrogen-bond acceptors (Lipinski definition) is 3. The molecule has 1 aromatic heterocycles. The Morgan fingerprint density at radius 3 is 2.75 bits per heavy atom. The second-order valence-electron chi connectivity index (χ2n) is 8.68. The Kier molecular flexibility index (Phi) is 4.46. The van der Waals surface area contributed by atoms with Gasteiger partial charge in [-0.05, 0) is 68.3 Å². The van der Waals surface area contributed by atoms with Crippen LogP contribution in [0.4, 0.5) is 4.39 Å². The third-order valence-corrected chi connectivity index (χ3v) is 7.11. The van der Waals surface area contributed by atoms with E-state index in [0.29, 0.717) is 17.2 Å². The maximum Gasteiger partial charge on any atom is 0.226 e. The smallest absolute Gasteiger partial charge is 0.226 e. The fourth-order valence-electron chi connectivity index (χ4n) is 5.28. The number of aromatic amines is 1. The molecule has 5 rings (SSSR count). The van der Waals surface area contributed by atoms with Gasteiger partial charge in [-0.2, -0.15) is 5.10 Å². The molecule has 0 bridgehead atoms. The molecule has 2 aromatic rings. The number of amides is 1. The molecule has 2 N–H and O–H groups in total. The van der Waals surface area contributed by atoms with Crippen LogP contribution in [0.2, 0.25) is 0 Å². The lowest BCUT2D eigenvalue weighted by molar-refractivity contribution is -0.134. The summed E-state index contributed by atoms with van der Waals surface area (Å²) in [6.45, 7) is 3.70. The van der Waals surface area contributed by atoms with Crippen LogP contribution in [0, 0.1) is 17.2 Å². The van der Waals surface area contributed by atoms with Gasteiger partial charge in [0.1, 0.15) is 5.82 Å². The number of carbonyl (C=O) groups excluding carboxylic acids is 1. The molecule has 28 heavy (non-hydrogen) atoms. The van der Waals surface area contributed by atoms with E-state index in [4.69, 9.17) is 0 Å². The van der Waals surface area contributed by atoms with Crippen molar-refractivity contribution < 1.29 is 9.18 Å². The standard InChI is InChI=1S/C22H27FN4O/c23-17-3-1-2-16(12-17)18-14-25-26-20(18)15-4-10-27(11-5-15)21(28)19-13-22(19)6-8-24-9-7-22/h1-3,12,14-15,19,24H,4-11,13H2,(H,25,26)/t19-/m0/s1. The van der Waals surface area contributed by atoms with Crippen LogP contribution in [-0.4, -0.2) is 47.2 Å². The second-order valence-corrected chi connectivity index (χ2v) is 8.68. The van der Waals surface area contributed by atoms with Gasteiger partial charge in [-0.1, -0.05) is 12.1 Å². The number of hydrogen-bond donors (Lipinski definition) is 2. The number of H-pyrrole nitrogens is 1. The van der Waals surface area contributed by atoms with Crippen molar-refractivity contribution in [2.75, 3.05) is 26.2 Å². The Labute approximate surface area is 164 Å². The van der Waals surface area contributed by atoms with Crippen LogP contribution < -0.4 is 5.32 Å². The summed E-state index contributed by atoms with van der Waals surface area (Å²) in [6.07, 6.45) is 7.01. The summed E-state index contributed by atoms with van der Waals surface area (Å²) < 4.78 is 13.6. The zero-order valence-corrected chi connectivity index (χ0v) is 16.1. The molecule has 5 nitrogen and oxygen atoms in total. The monoisotopic (exact) mass is 382 g/mol. The molecule has 0 radical (unpaired) electrons. The summed E-state index contributed by atoms with van der Waals surface area (Å²) in [7, 11) is 0. The van der Waals surface area contributed by atoms with E-state index >= 15 is 0 Å². The lowest BCUT2D eigenvalue weighted by atomic mass is 9.88. The molecule has 3 fully saturated rings. The number of carbonyl (C=O) groups is 1. The number of aromatic nitrogens is 2. The Morgan fingerprint density at radius 1 is 1.21 bits per heavy atom. The molecule has 6 heteroatoms. The molecule has 3 heterocycles. The number of nitrogens with zero attached hydrogens (tertiary/aromatic N) is 2. The molecule has 2 saturated heterocycles. The highest BCUT2D eigenvalue weighted by Gasteiger charge is 2.58. The average Bonchev–Trinajstić information content (AvgIpc) is 3.19. The molecular formula is C22H27FN4O. The number of rotatable bonds is 3. The SMILES string of the molecule is O=C([C@@H]1CC12CCNCC2)N1CCC(c2[nH]ncc2-c2cccc(F)c2)CC1. The zero-order chi connectivity index (χ0) is 19.1. The van der Waals surface area contributed by atoms with Crippen molar-refractivity contribution in [1.29, 1.82) is 0 Å². The number of halogens is 1. The zero-order valence-electron chi connectivity index (χ0n) is 16.1. The van der Waals surface area contributed by atoms with E-state index < -0.39 is 0 Å². The summed E-state index contributed by atoms with van der Waals surface area (Å²) in [5.41, 5.74) is 3.19. The summed E-state index contributed by atoms with van der Waals surface area (Å²) >= 11 is 0. The van der Waals surface area contributed by atoms with E-state index in [1.54, 1.807) is 18.3 Å². The van der Waals surface area contributed by atoms with Gasteiger partial charge < -0.3 is 10.2 Å². The first-order chi connectivity index (χ1) is 13.7. The quantitative estimate of drug-likeness (QED) is 0.856. The van der Waals surface area contributed by atoms with Crippen LogP contribution in [0.3, 0.4) is 0 Å². The molecule has 1 amide bonds. The van der Waals surface area contributed by atoms with Gasteiger partial charge in [-0.3, -0.25) is 9.89 Å². The van der Waals surface area contributed by atoms with Crippen molar-refractivity contribution in [2.45, 2.75) is 38.0 Å². The Balaban J connectivity index is 1.24. The van der Waals surface area contributed by atoms with Crippen molar-refractivity contribution in [1.82, 2.24) is 20.4 Å². The van der Waals surface area contributed by atoms with Gasteiger partial charge in [0.25, 0.3) is 0 Å². The maximum atomic E-state index is 13.6. The van der Waals surface area contributed by atoms with E-state index in [2.05, 4.69) is 20.4 Å². The summed E-state index contributed by atoms with van der Waals surface area (Å²) in [5.74, 6) is 0.717. The van der Waals surface area contributed by atoms with Crippen molar-refractivity contribution >= 4 is 5.91 Å². The third kappa shape index (κ3) is 3.13. The molecule has 148 valence electrons. The Bertz CT molecular complexity index is 865. The van der Waals surface area contributed by atoms with E-state index in [9.17, 15) is 9.18 Å². The lowest BCUT2D eigenvalue weighted by Gasteiger charge is -2.33. The van der Waals surface area contributed by atoms with Crippen molar-refractivity contribution in [2.24, 2.45) is 11.3 Å². The van der Waals surface area contributed by atoms with Crippen molar-refractivity contribution in [3.63, 3.8) is 0 Å². The van der Waals surface area contributed by atoms with Gasteiger partial charge in [-0.25, -0.2) is 4.39 Å². The third-order valence-electron chi connectivity index (χ3n) is 7.11. The van der Waals surface area contributed by atoms with Crippen LogP contribution >= 0.6 is 0 Å². The minimum atomic E-state index is -0.235. The van der Waals surface area contributed by atoms with E-state index in [0.717, 1.165) is 75.1 Å². The predicted octanol–water partition coefficient (Wildman–Crippen LogP) is 3.31. The summed E-state index contributed by atoms with van der Waals surface area (Å²) in [5, 5.41) is 10.8. The molecular weight excluding hydrogens is 355 g/mol. The average molecular weight is 382 g/mol. The second kappa shape index (κ2) is 6.99. The molecule has 1 aliphatic carbocycles. The fraction of sp³-hybridized carbons (Fsp3) is 0.545. The van der Waals surface area contributed by atoms with Gasteiger partial charge >= 0.3 is 0 Å². The minimum Gasteiger partial charge on any atom is -0.342 e. The van der Waals surface area contributed by atoms with E-state index in [-0.39, 0.29) is 11.7 Å². The summed E-state index contributed by atoms with van der Waals surface area (Å²) in [6, 6.07) is 6.66. The number of nitrogens with one attached hydrogen (secondary N) is 2. The van der Waals surface area contributed by atoms with Gasteiger partial charge in [-0.15, -0.1) is 0 Å². The largest absolute Gasteiger partial charge is 0.342 e. The topological polar surface area (TPSA) is 61.0 Å². The molecule has 1 atom stereocenters. The highest BCUT2D eigenvalue weighted by molar-refractivity contribution is 5.83. The Morgan fingerprint density at radius 2 is 2.00 bits per heavy atom. The van der Waals surface area contributed by atoms with Crippen molar-refractivity contribution in [3.8, 4) is 11.1 Å². The first kappa shape index (κ1) is 17.9. The van der Waals surface area contributed by atoms with Crippen molar-refractivity contribution in [3.05, 3.63) is 42.0 Å². The van der Waals surface area contributed by atoms with Crippen LogP contribution in [0.25, 0.3) is 11.1 Å². The number of piperidine rings is 2. The lowest BCUT2D eigenvalue weighted by Crippen LogP contribution is -2.41. The molecule has 2 aliphatic heterocycles. The minimum absolute atomic E-state index is 0.235. The van der Waals surface area contributed by atoms with E-state index in [1.807, 2.05) is 6.07 Å². The molecule has 3 aliphatic rings. The van der Waals surface area contributed by atoms with E-state index in [1.165, 1.54) is 6.07 Å². The summed E-state index contributed by atoms with van der Waals surface area (Å²) in [4.78, 5) is 15.1. The van der Waals surface area contributed by atoms with Gasteiger partial charge in [0.15, 0.2) is 0 Å². The molecule has 1 saturated carbocycles. The number of benzene rings is 1. The van der Waals surface area contributed by atoms with Gasteiger partial charge in [0.2, 0.25) is 5.91 Å². The van der Waals surface area contributed by atoms with Crippen LogP contribution in [-0.2, 0) is 4.79 Å². The molecule has 0 unspecified atom stereocenters. The van der Waals surface area contributed by atoms with Crippen LogP contribution in [0.15, 0.2) is 30.5 Å². The van der Waals surface area contributed by atoms with Crippen LogP contribution in [0.5, 0.6) is 0 Å². The molecule has 1 spiro atoms. The maximum absolute atomic E-state index is 13.6. The molecule has 1 aromatic carbocycles. The highest BCUT2D eigenvalue weighted by Crippen LogP contribution is 2.59. The highest BCUT2D eigenvalue weighted by atomic mass is 19.1. The predicted molar refractivity (Wildman–Crippen MR) is 105 cm³/mol. The van der Waals surface area contributed by atoms with Gasteiger partial charge in [0.05, 0.1) is 6.20 Å². The fourth-order valence-corrected chi connectivity index (χ4v) is 5.28. The Hall–Kier alpha value is -2.21. The normalized spacial score (nSPS) is 24.5. The first-order valence-electron chi connectivity index (χ1n) is 10.4. The first-order valence-corrected chi connectivity index (χ1v) is 10.4. The van der Waals surface area contributed by atoms with Crippen LogP contribution in [0.1, 0.15) is 43.7 Å².